The number of fused-ring (bicyclic) bond motifs is 1. The Kier molecular flexibility index (Phi) is 15.2. The van der Waals surface area contributed by atoms with E-state index in [1.165, 1.54) is 67.8 Å². The first-order chi connectivity index (χ1) is 31.5. The number of carbonyl (C=O) groups excluding carboxylic acids is 1. The van der Waals surface area contributed by atoms with E-state index in [9.17, 15) is 71.2 Å². The molecule has 23 nitrogen and oxygen atoms in total. The summed E-state index contributed by atoms with van der Waals surface area (Å²) in [4.78, 5) is 12.9. The number of phenols is 3. The van der Waals surface area contributed by atoms with Gasteiger partial charge in [-0.2, -0.15) is 0 Å². The van der Waals surface area contributed by atoms with Crippen LogP contribution in [0, 0.1) is 0 Å². The van der Waals surface area contributed by atoms with E-state index in [1.807, 2.05) is 0 Å². The molecule has 0 amide bonds. The Morgan fingerprint density at radius 3 is 1.94 bits per heavy atom. The number of aliphatic hydroxyl groups excluding tert-OH is 10. The number of ether oxygens (including phenoxy) is 9. The Bertz CT molecular complexity index is 2200. The largest absolute Gasteiger partial charge is 0.571 e. The zero-order chi connectivity index (χ0) is 47.6. The smallest absolute Gasteiger partial charge is 0.330 e. The number of rotatable bonds is 14. The highest BCUT2D eigenvalue weighted by atomic mass is 16.8. The van der Waals surface area contributed by atoms with Crippen molar-refractivity contribution in [2.24, 2.45) is 0 Å². The number of hydrogen-bond acceptors (Lipinski definition) is 22. The minimum Gasteiger partial charge on any atom is -0.571 e. The van der Waals surface area contributed by atoms with Gasteiger partial charge in [0, 0.05) is 18.2 Å². The van der Waals surface area contributed by atoms with Crippen molar-refractivity contribution in [2.75, 3.05) is 26.9 Å². The van der Waals surface area contributed by atoms with E-state index in [1.54, 1.807) is 0 Å². The van der Waals surface area contributed by atoms with E-state index in [0.29, 0.717) is 11.1 Å². The van der Waals surface area contributed by atoms with E-state index in [-0.39, 0.29) is 40.1 Å². The lowest BCUT2D eigenvalue weighted by molar-refractivity contribution is -0.364. The van der Waals surface area contributed by atoms with Crippen LogP contribution in [-0.2, 0) is 33.2 Å². The summed E-state index contributed by atoms with van der Waals surface area (Å²) in [5, 5.41) is 137. The molecular weight excluding hydrogens is 884 g/mol. The summed E-state index contributed by atoms with van der Waals surface area (Å²) in [6, 6.07) is 12.3. The molecule has 0 radical (unpaired) electrons. The summed E-state index contributed by atoms with van der Waals surface area (Å²) in [7, 11) is 1.34. The molecule has 360 valence electrons. The number of esters is 1. The van der Waals surface area contributed by atoms with Crippen LogP contribution in [0.5, 0.6) is 34.5 Å². The van der Waals surface area contributed by atoms with Crippen LogP contribution < -0.4 is 9.47 Å². The summed E-state index contributed by atoms with van der Waals surface area (Å²) < 4.78 is 50.6. The number of carbonyl (C=O) groups is 1. The molecule has 0 spiro atoms. The first-order valence-corrected chi connectivity index (χ1v) is 20.4. The van der Waals surface area contributed by atoms with Crippen molar-refractivity contribution in [3.05, 3.63) is 83.1 Å². The maximum atomic E-state index is 12.9. The van der Waals surface area contributed by atoms with Gasteiger partial charge in [-0.3, -0.25) is 0 Å². The molecule has 4 heterocycles. The Balaban J connectivity index is 1.23. The summed E-state index contributed by atoms with van der Waals surface area (Å²) in [6.07, 6.45) is -24.3. The standard InChI is InChI=1S/C43H50O23/c1-58-25-10-17(2-8-22(25)48)3-9-30(49)59-16-29-33(52)36(55)40(66-42-38(57)35(54)32(51)28(15-45)64-42)43(65-29)62-26-13-21-23(60-39(26)18-4-6-19(46)7-5-18)11-20(47)12-24(21)61-41-37(56)34(53)31(50)27(14-44)63-41/h2-13,27-29,31-48,50-57H,14-16H2,1H3/p+1. The third kappa shape index (κ3) is 10.3. The fraction of sp³-hybridized carbons (Fsp3) is 0.465. The van der Waals surface area contributed by atoms with Crippen molar-refractivity contribution in [2.45, 2.75) is 98.2 Å². The predicted octanol–water partition coefficient (Wildman–Crippen LogP) is -2.77. The first kappa shape index (κ1) is 48.6. The van der Waals surface area contributed by atoms with Crippen molar-refractivity contribution in [1.82, 2.24) is 0 Å². The quantitative estimate of drug-likeness (QED) is 0.0442. The van der Waals surface area contributed by atoms with Gasteiger partial charge in [-0.05, 0) is 48.0 Å². The molecule has 0 bridgehead atoms. The van der Waals surface area contributed by atoms with Gasteiger partial charge in [0.05, 0.1) is 32.0 Å². The first-order valence-electron chi connectivity index (χ1n) is 20.4. The third-order valence-electron chi connectivity index (χ3n) is 11.3. The van der Waals surface area contributed by atoms with Gasteiger partial charge in [0.1, 0.15) is 96.6 Å². The minimum absolute atomic E-state index is 0.0427. The highest BCUT2D eigenvalue weighted by molar-refractivity contribution is 5.87. The van der Waals surface area contributed by atoms with Gasteiger partial charge in [0.2, 0.25) is 12.6 Å². The average Bonchev–Trinajstić information content (AvgIpc) is 3.30. The number of benzene rings is 3. The molecule has 3 aromatic carbocycles. The lowest BCUT2D eigenvalue weighted by Gasteiger charge is -2.46. The lowest BCUT2D eigenvalue weighted by Crippen LogP contribution is -2.64. The number of phenolic OH excluding ortho intramolecular Hbond substituents is 3. The van der Waals surface area contributed by atoms with Crippen molar-refractivity contribution in [1.29, 1.82) is 0 Å². The Hall–Kier alpha value is -5.35. The van der Waals surface area contributed by atoms with E-state index < -0.39 is 130 Å². The maximum absolute atomic E-state index is 12.9. The highest BCUT2D eigenvalue weighted by Crippen LogP contribution is 2.47. The van der Waals surface area contributed by atoms with Crippen molar-refractivity contribution in [3.63, 3.8) is 0 Å². The van der Waals surface area contributed by atoms with Crippen LogP contribution in [0.2, 0.25) is 0 Å². The van der Waals surface area contributed by atoms with E-state index in [0.717, 1.165) is 12.1 Å². The topological polar surface area (TPSA) is 367 Å². The van der Waals surface area contributed by atoms with Crippen LogP contribution in [0.25, 0.3) is 12.2 Å². The van der Waals surface area contributed by atoms with Gasteiger partial charge in [-0.15, -0.1) is 0 Å². The monoisotopic (exact) mass is 935 g/mol. The highest BCUT2D eigenvalue weighted by Gasteiger charge is 2.53. The van der Waals surface area contributed by atoms with Crippen molar-refractivity contribution in [3.8, 4) is 34.5 Å². The Labute approximate surface area is 374 Å². The summed E-state index contributed by atoms with van der Waals surface area (Å²) >= 11 is 0. The molecule has 0 aromatic heterocycles. The molecule has 4 aliphatic rings. The molecule has 3 aromatic rings. The Morgan fingerprint density at radius 2 is 1.29 bits per heavy atom. The van der Waals surface area contributed by atoms with E-state index in [4.69, 9.17) is 42.6 Å². The van der Waals surface area contributed by atoms with Gasteiger partial charge < -0.3 is 109 Å². The predicted molar refractivity (Wildman–Crippen MR) is 218 cm³/mol. The van der Waals surface area contributed by atoms with Crippen molar-refractivity contribution < 1.29 is 114 Å². The van der Waals surface area contributed by atoms with Gasteiger partial charge in [0.15, 0.2) is 29.7 Å². The van der Waals surface area contributed by atoms with Crippen LogP contribution in [0.15, 0.2) is 66.4 Å². The fourth-order valence-corrected chi connectivity index (χ4v) is 7.58. The van der Waals surface area contributed by atoms with Crippen LogP contribution in [-0.4, -0.2) is 196 Å². The second-order valence-corrected chi connectivity index (χ2v) is 15.7. The average molecular weight is 936 g/mol. The Morgan fingerprint density at radius 1 is 0.667 bits per heavy atom. The zero-order valence-electron chi connectivity index (χ0n) is 34.7. The number of aliphatic hydroxyl groups is 11. The summed E-state index contributed by atoms with van der Waals surface area (Å²) in [6.45, 7) is -2.33. The molecule has 14 N–H and O–H groups in total. The molecule has 16 atom stereocenters. The second-order valence-electron chi connectivity index (χ2n) is 15.7. The summed E-state index contributed by atoms with van der Waals surface area (Å²) in [5.41, 5.74) is 0.845. The van der Waals surface area contributed by atoms with E-state index in [2.05, 4.69) is 0 Å². The number of aromatic hydroxyl groups is 4. The molecule has 66 heavy (non-hydrogen) atoms. The second kappa shape index (κ2) is 20.7. The number of methoxy groups -OCH3 is 1. The normalized spacial score (nSPS) is 34.4. The van der Waals surface area contributed by atoms with Gasteiger partial charge in [0.25, 0.3) is 11.9 Å². The molecule has 7 rings (SSSR count). The molecule has 0 saturated carbocycles. The third-order valence-corrected chi connectivity index (χ3v) is 11.3. The van der Waals surface area contributed by atoms with Gasteiger partial charge >= 0.3 is 5.97 Å². The van der Waals surface area contributed by atoms with Crippen LogP contribution in [0.3, 0.4) is 0 Å². The molecular formula is C43H51O23+. The molecule has 16 unspecified atom stereocenters. The minimum atomic E-state index is -2.03. The zero-order valence-corrected chi connectivity index (χ0v) is 34.7. The molecule has 0 aliphatic carbocycles. The van der Waals surface area contributed by atoms with Gasteiger partial charge in [-0.1, -0.05) is 6.07 Å². The fourth-order valence-electron chi connectivity index (χ4n) is 7.58. The molecule has 23 heteroatoms. The van der Waals surface area contributed by atoms with Crippen LogP contribution in [0.1, 0.15) is 22.8 Å². The maximum Gasteiger partial charge on any atom is 0.330 e. The van der Waals surface area contributed by atoms with Crippen LogP contribution >= 0.6 is 0 Å². The number of hydrogen-bond donors (Lipinski definition) is 13. The summed E-state index contributed by atoms with van der Waals surface area (Å²) in [5.74, 6) is -1.78. The van der Waals surface area contributed by atoms with E-state index >= 15 is 0 Å². The molecule has 3 fully saturated rings. The molecule has 4 aliphatic heterocycles. The lowest BCUT2D eigenvalue weighted by atomic mass is 9.97. The van der Waals surface area contributed by atoms with Gasteiger partial charge in [-0.25, -0.2) is 4.79 Å². The SMILES string of the molecule is COc1cc(C=CC(=O)OCC2OC(OC3=Cc4c(OC5OC(CO)C(O)C(O)C5O)cc(O)cc4[OH+]C3c3ccc(O)cc3)C(OC3OC(CO)C(O)C(O)C3O)C(O)C2O)ccc1O. The molecule has 3 saturated heterocycles. The van der Waals surface area contributed by atoms with Crippen LogP contribution in [0.4, 0.5) is 0 Å². The van der Waals surface area contributed by atoms with Crippen molar-refractivity contribution >= 4 is 18.1 Å².